The van der Waals surface area contributed by atoms with Crippen molar-refractivity contribution in [1.29, 1.82) is 0 Å². The minimum atomic E-state index is -3.39. The quantitative estimate of drug-likeness (QED) is 0.542. The summed E-state index contributed by atoms with van der Waals surface area (Å²) >= 11 is 3.54. The predicted molar refractivity (Wildman–Crippen MR) is 124 cm³/mol. The Morgan fingerprint density at radius 2 is 1.83 bits per heavy atom. The molecule has 1 aliphatic heterocycles. The standard InChI is InChI=1S/C23H24BrN3O2S/c1-30(28,29)27-15-19-14-20(24)10-11-23(19)26(16-21-9-5-6-12-25-21)17-22(27)13-18-7-3-2-4-8-18/h2-12,14,22H,13,15-17H2,1H3. The molecule has 1 aromatic heterocycles. The molecule has 7 heteroatoms. The molecule has 1 atom stereocenters. The number of sulfonamides is 1. The summed E-state index contributed by atoms with van der Waals surface area (Å²) in [7, 11) is -3.39. The molecule has 0 aliphatic carbocycles. The van der Waals surface area contributed by atoms with E-state index in [-0.39, 0.29) is 6.04 Å². The van der Waals surface area contributed by atoms with Crippen molar-refractivity contribution in [3.63, 3.8) is 0 Å². The van der Waals surface area contributed by atoms with E-state index in [4.69, 9.17) is 0 Å². The third-order valence-electron chi connectivity index (χ3n) is 5.37. The van der Waals surface area contributed by atoms with Gasteiger partial charge in [-0.1, -0.05) is 52.3 Å². The number of halogens is 1. The fraction of sp³-hybridized carbons (Fsp3) is 0.261. The van der Waals surface area contributed by atoms with E-state index < -0.39 is 10.0 Å². The smallest absolute Gasteiger partial charge is 0.211 e. The van der Waals surface area contributed by atoms with Crippen LogP contribution in [0.15, 0.2) is 77.4 Å². The first-order chi connectivity index (χ1) is 14.4. The minimum absolute atomic E-state index is 0.183. The van der Waals surface area contributed by atoms with Gasteiger partial charge in [-0.15, -0.1) is 0 Å². The molecular formula is C23H24BrN3O2S. The van der Waals surface area contributed by atoms with Crippen molar-refractivity contribution < 1.29 is 8.42 Å². The van der Waals surface area contributed by atoms with Gasteiger partial charge < -0.3 is 4.90 Å². The molecule has 2 aromatic carbocycles. The Balaban J connectivity index is 1.76. The fourth-order valence-electron chi connectivity index (χ4n) is 4.01. The van der Waals surface area contributed by atoms with Crippen molar-refractivity contribution in [2.45, 2.75) is 25.6 Å². The Kier molecular flexibility index (Phi) is 6.22. The summed E-state index contributed by atoms with van der Waals surface area (Å²) < 4.78 is 28.1. The largest absolute Gasteiger partial charge is 0.364 e. The summed E-state index contributed by atoms with van der Waals surface area (Å²) in [5.74, 6) is 0. The lowest BCUT2D eigenvalue weighted by Gasteiger charge is -2.31. The average molecular weight is 486 g/mol. The van der Waals surface area contributed by atoms with Crippen molar-refractivity contribution >= 4 is 31.6 Å². The van der Waals surface area contributed by atoms with Gasteiger partial charge in [0, 0.05) is 35.5 Å². The van der Waals surface area contributed by atoms with Crippen molar-refractivity contribution in [3.8, 4) is 0 Å². The number of hydrogen-bond donors (Lipinski definition) is 0. The van der Waals surface area contributed by atoms with Gasteiger partial charge in [0.25, 0.3) is 0 Å². The van der Waals surface area contributed by atoms with Gasteiger partial charge in [-0.25, -0.2) is 8.42 Å². The molecule has 1 aliphatic rings. The molecule has 4 rings (SSSR count). The van der Waals surface area contributed by atoms with E-state index in [1.54, 1.807) is 10.5 Å². The fourth-order valence-corrected chi connectivity index (χ4v) is 5.47. The third-order valence-corrected chi connectivity index (χ3v) is 7.14. The second-order valence-electron chi connectivity index (χ2n) is 7.63. The maximum atomic E-state index is 12.8. The Morgan fingerprint density at radius 1 is 1.07 bits per heavy atom. The van der Waals surface area contributed by atoms with Crippen LogP contribution in [0.1, 0.15) is 16.8 Å². The summed E-state index contributed by atoms with van der Waals surface area (Å²) in [5, 5.41) is 0. The number of fused-ring (bicyclic) bond motifs is 1. The number of anilines is 1. The van der Waals surface area contributed by atoms with E-state index in [9.17, 15) is 8.42 Å². The Bertz CT molecular complexity index is 1110. The number of nitrogens with zero attached hydrogens (tertiary/aromatic N) is 3. The molecule has 5 nitrogen and oxygen atoms in total. The van der Waals surface area contributed by atoms with Crippen LogP contribution < -0.4 is 4.90 Å². The highest BCUT2D eigenvalue weighted by Crippen LogP contribution is 2.32. The number of pyridine rings is 1. The van der Waals surface area contributed by atoms with Gasteiger partial charge in [-0.2, -0.15) is 4.31 Å². The van der Waals surface area contributed by atoms with Crippen LogP contribution in [0.5, 0.6) is 0 Å². The van der Waals surface area contributed by atoms with E-state index in [0.717, 1.165) is 27.0 Å². The van der Waals surface area contributed by atoms with Gasteiger partial charge in [0.15, 0.2) is 0 Å². The van der Waals surface area contributed by atoms with Gasteiger partial charge in [0.05, 0.1) is 18.5 Å². The lowest BCUT2D eigenvalue weighted by atomic mass is 10.1. The van der Waals surface area contributed by atoms with Gasteiger partial charge in [0.1, 0.15) is 0 Å². The van der Waals surface area contributed by atoms with Crippen molar-refractivity contribution in [2.24, 2.45) is 0 Å². The predicted octanol–water partition coefficient (Wildman–Crippen LogP) is 4.24. The molecule has 2 heterocycles. The highest BCUT2D eigenvalue weighted by Gasteiger charge is 2.33. The lowest BCUT2D eigenvalue weighted by molar-refractivity contribution is 0.320. The summed E-state index contributed by atoms with van der Waals surface area (Å²) in [4.78, 5) is 6.74. The molecule has 0 amide bonds. The van der Waals surface area contributed by atoms with Crippen molar-refractivity contribution in [3.05, 3.63) is 94.2 Å². The number of aromatic nitrogens is 1. The molecule has 3 aromatic rings. The van der Waals surface area contributed by atoms with Crippen LogP contribution in [0.4, 0.5) is 5.69 Å². The molecule has 0 fully saturated rings. The lowest BCUT2D eigenvalue weighted by Crippen LogP contribution is -2.45. The van der Waals surface area contributed by atoms with E-state index in [0.29, 0.717) is 26.1 Å². The van der Waals surface area contributed by atoms with Crippen LogP contribution >= 0.6 is 15.9 Å². The zero-order valence-electron chi connectivity index (χ0n) is 16.8. The zero-order chi connectivity index (χ0) is 21.1. The van der Waals surface area contributed by atoms with Crippen LogP contribution in [-0.4, -0.2) is 36.5 Å². The Hall–Kier alpha value is -2.22. The first-order valence-electron chi connectivity index (χ1n) is 9.84. The molecular weight excluding hydrogens is 462 g/mol. The second kappa shape index (κ2) is 8.88. The molecule has 0 N–H and O–H groups in total. The van der Waals surface area contributed by atoms with Crippen LogP contribution in [0.25, 0.3) is 0 Å². The van der Waals surface area contributed by atoms with Crippen molar-refractivity contribution in [1.82, 2.24) is 9.29 Å². The molecule has 0 spiro atoms. The van der Waals surface area contributed by atoms with E-state index in [2.05, 4.69) is 44.0 Å². The highest BCUT2D eigenvalue weighted by atomic mass is 79.9. The molecule has 0 saturated carbocycles. The summed E-state index contributed by atoms with van der Waals surface area (Å²) in [6.07, 6.45) is 3.75. The first-order valence-corrected chi connectivity index (χ1v) is 12.5. The normalized spacial score (nSPS) is 17.4. The van der Waals surface area contributed by atoms with Crippen LogP contribution in [-0.2, 0) is 29.5 Å². The average Bonchev–Trinajstić information content (AvgIpc) is 2.86. The zero-order valence-corrected chi connectivity index (χ0v) is 19.2. The maximum Gasteiger partial charge on any atom is 0.211 e. The molecule has 30 heavy (non-hydrogen) atoms. The minimum Gasteiger partial charge on any atom is -0.364 e. The summed E-state index contributed by atoms with van der Waals surface area (Å²) in [6, 6.07) is 21.9. The molecule has 1 unspecified atom stereocenters. The van der Waals surface area contributed by atoms with E-state index >= 15 is 0 Å². The van der Waals surface area contributed by atoms with Crippen LogP contribution in [0.2, 0.25) is 0 Å². The molecule has 0 radical (unpaired) electrons. The maximum absolute atomic E-state index is 12.8. The summed E-state index contributed by atoms with van der Waals surface area (Å²) in [6.45, 7) is 1.56. The molecule has 0 saturated heterocycles. The topological polar surface area (TPSA) is 53.5 Å². The van der Waals surface area contributed by atoms with Crippen molar-refractivity contribution in [2.75, 3.05) is 17.7 Å². The third kappa shape index (κ3) is 4.91. The van der Waals surface area contributed by atoms with E-state index in [1.165, 1.54) is 6.26 Å². The van der Waals surface area contributed by atoms with E-state index in [1.807, 2.05) is 48.5 Å². The Morgan fingerprint density at radius 3 is 2.53 bits per heavy atom. The van der Waals surface area contributed by atoms with Gasteiger partial charge in [-0.3, -0.25) is 4.98 Å². The number of benzene rings is 2. The number of hydrogen-bond acceptors (Lipinski definition) is 4. The molecule has 0 bridgehead atoms. The second-order valence-corrected chi connectivity index (χ2v) is 10.5. The monoisotopic (exact) mass is 485 g/mol. The van der Waals surface area contributed by atoms with Gasteiger partial charge in [0.2, 0.25) is 10.0 Å². The SMILES string of the molecule is CS(=O)(=O)N1Cc2cc(Br)ccc2N(Cc2ccccn2)CC1Cc1ccccc1. The Labute approximate surface area is 186 Å². The molecule has 156 valence electrons. The number of rotatable bonds is 5. The van der Waals surface area contributed by atoms with Gasteiger partial charge >= 0.3 is 0 Å². The van der Waals surface area contributed by atoms with Gasteiger partial charge in [-0.05, 0) is 47.9 Å². The summed E-state index contributed by atoms with van der Waals surface area (Å²) in [5.41, 5.74) is 4.12. The van der Waals surface area contributed by atoms with Crippen LogP contribution in [0.3, 0.4) is 0 Å². The highest BCUT2D eigenvalue weighted by molar-refractivity contribution is 9.10. The first kappa shape index (κ1) is 21.0. The van der Waals surface area contributed by atoms with Crippen LogP contribution in [0, 0.1) is 0 Å².